The van der Waals surface area contributed by atoms with Crippen molar-refractivity contribution in [2.24, 2.45) is 14.1 Å². The Morgan fingerprint density at radius 1 is 0.973 bits per heavy atom. The summed E-state index contributed by atoms with van der Waals surface area (Å²) in [6, 6.07) is 2.89. The number of carbonyl (C=O) groups is 3. The second-order valence-corrected chi connectivity index (χ2v) is 9.59. The minimum Gasteiger partial charge on any atom is -0.475 e. The number of ether oxygens (including phenoxy) is 1. The summed E-state index contributed by atoms with van der Waals surface area (Å²) in [7, 11) is -1.16. The molecule has 3 rings (SSSR count). The quantitative estimate of drug-likeness (QED) is 0.384. The minimum absolute atomic E-state index is 0.0453. The largest absolute Gasteiger partial charge is 0.475 e. The van der Waals surface area contributed by atoms with Crippen molar-refractivity contribution in [2.45, 2.75) is 11.1 Å². The maximum absolute atomic E-state index is 12.6. The molecular weight excluding hydrogens is 525 g/mol. The minimum atomic E-state index is -4.61. The van der Waals surface area contributed by atoms with E-state index in [1.807, 2.05) is 0 Å². The molecule has 0 bridgehead atoms. The zero-order valence-corrected chi connectivity index (χ0v) is 19.9. The van der Waals surface area contributed by atoms with Crippen LogP contribution in [-0.4, -0.2) is 63.0 Å². The lowest BCUT2D eigenvalue weighted by molar-refractivity contribution is -0.137. The molecule has 37 heavy (non-hydrogen) atoms. The van der Waals surface area contributed by atoms with Crippen LogP contribution in [0.1, 0.15) is 26.8 Å². The first-order chi connectivity index (χ1) is 17.2. The number of nitrogens with zero attached hydrogens (tertiary/aromatic N) is 4. The van der Waals surface area contributed by atoms with E-state index in [0.29, 0.717) is 12.1 Å². The topological polar surface area (TPSA) is 175 Å². The zero-order chi connectivity index (χ0) is 27.5. The maximum atomic E-state index is 12.6. The van der Waals surface area contributed by atoms with Crippen LogP contribution < -0.4 is 10.6 Å². The van der Waals surface area contributed by atoms with Gasteiger partial charge in [-0.2, -0.15) is 13.2 Å². The number of carboxylic acid groups (broad SMARTS) is 1. The molecule has 0 atom stereocenters. The summed E-state index contributed by atoms with van der Waals surface area (Å²) in [4.78, 5) is 42.8. The van der Waals surface area contributed by atoms with Gasteiger partial charge in [-0.15, -0.1) is 0 Å². The van der Waals surface area contributed by atoms with Crippen LogP contribution in [0.3, 0.4) is 0 Å². The molecule has 0 aliphatic carbocycles. The van der Waals surface area contributed by atoms with E-state index in [0.717, 1.165) is 12.1 Å². The molecule has 13 nitrogen and oxygen atoms in total. The van der Waals surface area contributed by atoms with Gasteiger partial charge in [-0.05, 0) is 24.3 Å². The third kappa shape index (κ3) is 6.63. The van der Waals surface area contributed by atoms with Crippen LogP contribution in [0, 0.1) is 0 Å². The van der Waals surface area contributed by atoms with E-state index in [1.165, 1.54) is 35.6 Å². The van der Waals surface area contributed by atoms with Crippen molar-refractivity contribution in [1.82, 2.24) is 19.1 Å². The number of carbonyl (C=O) groups excluding carboxylic acids is 2. The number of aromatic nitrogens is 4. The summed E-state index contributed by atoms with van der Waals surface area (Å²) in [5, 5.41) is 13.6. The highest BCUT2D eigenvalue weighted by Gasteiger charge is 2.30. The molecule has 0 radical (unpaired) electrons. The van der Waals surface area contributed by atoms with Gasteiger partial charge >= 0.3 is 18.2 Å². The fraction of sp³-hybridized carbons (Fsp3) is 0.250. The normalized spacial score (nSPS) is 11.7. The molecule has 2 amide bonds. The number of alkyl halides is 3. The Bertz CT molecular complexity index is 1450. The molecule has 0 saturated heterocycles. The number of hydrogen-bond acceptors (Lipinski definition) is 8. The fourth-order valence-corrected chi connectivity index (χ4v) is 4.08. The summed E-state index contributed by atoms with van der Waals surface area (Å²) in [5.74, 6) is -3.39. The first-order valence-electron chi connectivity index (χ1n) is 10.1. The Hall–Kier alpha value is -4.41. The van der Waals surface area contributed by atoms with Gasteiger partial charge in [-0.25, -0.2) is 28.0 Å². The molecule has 2 heterocycles. The van der Waals surface area contributed by atoms with E-state index >= 15 is 0 Å². The van der Waals surface area contributed by atoms with Crippen molar-refractivity contribution >= 4 is 39.4 Å². The van der Waals surface area contributed by atoms with Gasteiger partial charge in [0.25, 0.3) is 5.91 Å². The fourth-order valence-electron chi connectivity index (χ4n) is 2.99. The maximum Gasteiger partial charge on any atom is 0.416 e. The Labute approximate surface area is 206 Å². The van der Waals surface area contributed by atoms with Crippen molar-refractivity contribution < 1.29 is 45.8 Å². The zero-order valence-electron chi connectivity index (χ0n) is 19.1. The van der Waals surface area contributed by atoms with Crippen molar-refractivity contribution in [3.63, 3.8) is 0 Å². The van der Waals surface area contributed by atoms with Gasteiger partial charge in [0.05, 0.1) is 16.2 Å². The number of aromatic carboxylic acids is 1. The molecule has 0 fully saturated rings. The first-order valence-corrected chi connectivity index (χ1v) is 11.8. The van der Waals surface area contributed by atoms with Crippen molar-refractivity contribution in [3.05, 3.63) is 53.9 Å². The molecule has 2 aromatic heterocycles. The summed E-state index contributed by atoms with van der Waals surface area (Å²) >= 11 is 0. The third-order valence-corrected chi connectivity index (χ3v) is 6.44. The SMILES string of the molecule is Cn1cc(NC(=O)c2nc(NC(=O)OCCS(=O)(=O)c3ccc(C(F)(F)F)cc3)cn2C)nc1C(=O)O. The van der Waals surface area contributed by atoms with Crippen LogP contribution >= 0.6 is 0 Å². The molecule has 1 aromatic carbocycles. The summed E-state index contributed by atoms with van der Waals surface area (Å²) in [5.41, 5.74) is -1.00. The van der Waals surface area contributed by atoms with E-state index in [2.05, 4.69) is 20.6 Å². The van der Waals surface area contributed by atoms with E-state index in [-0.39, 0.29) is 28.2 Å². The first kappa shape index (κ1) is 27.2. The molecular formula is C20H19F3N6O7S. The number of nitrogens with one attached hydrogen (secondary N) is 2. The van der Waals surface area contributed by atoms with Crippen molar-refractivity contribution in [1.29, 1.82) is 0 Å². The van der Waals surface area contributed by atoms with Crippen LogP contribution in [0.2, 0.25) is 0 Å². The van der Waals surface area contributed by atoms with Gasteiger partial charge in [0.2, 0.25) is 11.6 Å². The highest BCUT2D eigenvalue weighted by Crippen LogP contribution is 2.29. The lowest BCUT2D eigenvalue weighted by Crippen LogP contribution is -2.20. The molecule has 17 heteroatoms. The summed E-state index contributed by atoms with van der Waals surface area (Å²) in [6.07, 6.45) is -3.17. The van der Waals surface area contributed by atoms with Crippen LogP contribution in [0.5, 0.6) is 0 Å². The van der Waals surface area contributed by atoms with Gasteiger partial charge in [0.1, 0.15) is 6.61 Å². The van der Waals surface area contributed by atoms with Crippen LogP contribution in [0.25, 0.3) is 0 Å². The number of hydrogen-bond donors (Lipinski definition) is 3. The highest BCUT2D eigenvalue weighted by molar-refractivity contribution is 7.91. The van der Waals surface area contributed by atoms with E-state index in [4.69, 9.17) is 9.84 Å². The number of amides is 2. The van der Waals surface area contributed by atoms with Crippen molar-refractivity contribution in [2.75, 3.05) is 23.0 Å². The highest BCUT2D eigenvalue weighted by atomic mass is 32.2. The van der Waals surface area contributed by atoms with E-state index < -0.39 is 51.9 Å². The number of carboxylic acids is 1. The molecule has 0 aliphatic heterocycles. The van der Waals surface area contributed by atoms with Gasteiger partial charge in [0, 0.05) is 26.5 Å². The van der Waals surface area contributed by atoms with E-state index in [1.54, 1.807) is 0 Å². The van der Waals surface area contributed by atoms with E-state index in [9.17, 15) is 36.0 Å². The van der Waals surface area contributed by atoms with Gasteiger partial charge < -0.3 is 24.3 Å². The molecule has 0 unspecified atom stereocenters. The van der Waals surface area contributed by atoms with Crippen LogP contribution in [0.4, 0.5) is 29.6 Å². The third-order valence-electron chi connectivity index (χ3n) is 4.74. The standard InChI is InChI=1S/C20H19F3N6O7S/c1-28-10-14(24-15(28)17(30)26-13-9-29(2)16(25-13)18(31)32)27-19(33)36-7-8-37(34,35)12-5-3-11(4-6-12)20(21,22)23/h3-6,9-10H,7-8H2,1-2H3,(H,26,30)(H,27,33)(H,31,32). The predicted molar refractivity (Wildman–Crippen MR) is 120 cm³/mol. The van der Waals surface area contributed by atoms with Gasteiger partial charge in [0.15, 0.2) is 21.5 Å². The van der Waals surface area contributed by atoms with Gasteiger partial charge in [-0.3, -0.25) is 10.1 Å². The smallest absolute Gasteiger partial charge is 0.416 e. The lowest BCUT2D eigenvalue weighted by atomic mass is 10.2. The Kier molecular flexibility index (Phi) is 7.56. The number of imidazole rings is 2. The van der Waals surface area contributed by atoms with Crippen LogP contribution in [-0.2, 0) is 34.8 Å². The average molecular weight is 544 g/mol. The second kappa shape index (κ2) is 10.3. The number of aryl methyl sites for hydroxylation is 2. The predicted octanol–water partition coefficient (Wildman–Crippen LogP) is 2.15. The number of rotatable bonds is 8. The average Bonchev–Trinajstić information content (AvgIpc) is 3.34. The molecule has 198 valence electrons. The van der Waals surface area contributed by atoms with Crippen LogP contribution in [0.15, 0.2) is 41.6 Å². The molecule has 0 saturated carbocycles. The molecule has 0 spiro atoms. The number of sulfone groups is 1. The number of benzene rings is 1. The Morgan fingerprint density at radius 2 is 1.51 bits per heavy atom. The van der Waals surface area contributed by atoms with Gasteiger partial charge in [-0.1, -0.05) is 0 Å². The monoisotopic (exact) mass is 544 g/mol. The summed E-state index contributed by atoms with van der Waals surface area (Å²) in [6.45, 7) is -0.610. The molecule has 3 aromatic rings. The Balaban J connectivity index is 1.55. The second-order valence-electron chi connectivity index (χ2n) is 7.48. The molecule has 3 N–H and O–H groups in total. The number of halogens is 3. The molecule has 0 aliphatic rings. The summed E-state index contributed by atoms with van der Waals surface area (Å²) < 4.78 is 69.7. The van der Waals surface area contributed by atoms with Crippen molar-refractivity contribution in [3.8, 4) is 0 Å². The number of anilines is 2. The Morgan fingerprint density at radius 3 is 2.05 bits per heavy atom. The lowest BCUT2D eigenvalue weighted by Gasteiger charge is -2.09.